The summed E-state index contributed by atoms with van der Waals surface area (Å²) in [5.41, 5.74) is 3.56. The van der Waals surface area contributed by atoms with Crippen molar-refractivity contribution in [2.24, 2.45) is 10.9 Å². The van der Waals surface area contributed by atoms with Gasteiger partial charge in [0.2, 0.25) is 0 Å². The number of hydrogen-bond donors (Lipinski definition) is 2. The maximum Gasteiger partial charge on any atom is 0.196 e. The third-order valence-corrected chi connectivity index (χ3v) is 4.95. The highest BCUT2D eigenvalue weighted by Crippen LogP contribution is 2.15. The Hall–Kier alpha value is -2.33. The molecule has 1 fully saturated rings. The van der Waals surface area contributed by atoms with Crippen molar-refractivity contribution in [2.75, 3.05) is 31.5 Å². The van der Waals surface area contributed by atoms with Crippen LogP contribution >= 0.6 is 0 Å². The maximum atomic E-state index is 4.80. The Morgan fingerprint density at radius 3 is 2.58 bits per heavy atom. The van der Waals surface area contributed by atoms with E-state index in [2.05, 4.69) is 65.8 Å². The molecule has 0 spiro atoms. The van der Waals surface area contributed by atoms with Crippen LogP contribution in [0.15, 0.2) is 59.6 Å². The molecule has 2 aromatic rings. The first kappa shape index (κ1) is 18.5. The second-order valence-electron chi connectivity index (χ2n) is 7.07. The largest absolute Gasteiger partial charge is 0.356 e. The van der Waals surface area contributed by atoms with Gasteiger partial charge < -0.3 is 15.5 Å². The first-order valence-electron chi connectivity index (χ1n) is 9.61. The van der Waals surface area contributed by atoms with E-state index in [1.54, 1.807) is 0 Å². The average Bonchev–Trinajstić information content (AvgIpc) is 3.14. The van der Waals surface area contributed by atoms with Crippen LogP contribution < -0.4 is 10.6 Å². The summed E-state index contributed by atoms with van der Waals surface area (Å²) >= 11 is 0. The minimum atomic E-state index is 0.675. The van der Waals surface area contributed by atoms with Crippen molar-refractivity contribution in [3.63, 3.8) is 0 Å². The Labute approximate surface area is 157 Å². The molecule has 1 saturated heterocycles. The van der Waals surface area contributed by atoms with Gasteiger partial charge in [-0.1, -0.05) is 55.0 Å². The molecule has 1 atom stereocenters. The number of likely N-dealkylation sites (tertiary alicyclic amines) is 1. The van der Waals surface area contributed by atoms with Crippen molar-refractivity contribution in [3.8, 4) is 0 Å². The van der Waals surface area contributed by atoms with E-state index in [1.807, 2.05) is 18.2 Å². The fraction of sp³-hybridized carbons (Fsp3) is 0.409. The van der Waals surface area contributed by atoms with Gasteiger partial charge in [0.1, 0.15) is 0 Å². The van der Waals surface area contributed by atoms with Crippen LogP contribution in [0, 0.1) is 12.8 Å². The van der Waals surface area contributed by atoms with E-state index in [9.17, 15) is 0 Å². The minimum Gasteiger partial charge on any atom is -0.356 e. The lowest BCUT2D eigenvalue weighted by Gasteiger charge is -2.17. The molecule has 0 bridgehead atoms. The van der Waals surface area contributed by atoms with Crippen LogP contribution in [-0.4, -0.2) is 37.0 Å². The van der Waals surface area contributed by atoms with Gasteiger partial charge in [-0.15, -0.1) is 0 Å². The molecule has 4 nitrogen and oxygen atoms in total. The van der Waals surface area contributed by atoms with Crippen molar-refractivity contribution in [1.82, 2.24) is 10.2 Å². The molecule has 0 amide bonds. The number of aryl methyl sites for hydroxylation is 1. The number of guanidine groups is 1. The fourth-order valence-electron chi connectivity index (χ4n) is 3.27. The van der Waals surface area contributed by atoms with Crippen molar-refractivity contribution < 1.29 is 0 Å². The third-order valence-electron chi connectivity index (χ3n) is 4.95. The Kier molecular flexibility index (Phi) is 6.67. The number of aliphatic imine (C=N–C) groups is 1. The summed E-state index contributed by atoms with van der Waals surface area (Å²) in [6.07, 6.45) is 1.26. The molecular weight excluding hydrogens is 320 g/mol. The summed E-state index contributed by atoms with van der Waals surface area (Å²) in [6.45, 7) is 9.52. The third kappa shape index (κ3) is 5.60. The Morgan fingerprint density at radius 1 is 1.12 bits per heavy atom. The lowest BCUT2D eigenvalue weighted by atomic mass is 10.1. The molecule has 2 aromatic carbocycles. The summed E-state index contributed by atoms with van der Waals surface area (Å²) < 4.78 is 0. The Morgan fingerprint density at radius 2 is 1.88 bits per heavy atom. The van der Waals surface area contributed by atoms with Crippen molar-refractivity contribution in [3.05, 3.63) is 65.7 Å². The molecule has 3 rings (SSSR count). The molecule has 2 N–H and O–H groups in total. The lowest BCUT2D eigenvalue weighted by Crippen LogP contribution is -2.35. The van der Waals surface area contributed by atoms with Gasteiger partial charge in [0.15, 0.2) is 5.96 Å². The van der Waals surface area contributed by atoms with E-state index in [0.717, 1.165) is 24.7 Å². The second kappa shape index (κ2) is 9.39. The van der Waals surface area contributed by atoms with Crippen molar-refractivity contribution >= 4 is 11.6 Å². The first-order valence-corrected chi connectivity index (χ1v) is 9.61. The van der Waals surface area contributed by atoms with E-state index in [0.29, 0.717) is 12.5 Å². The SMILES string of the molecule is CCN1CCC(CNC(=NCc2ccc(C)cc2)Nc2ccccc2)C1. The summed E-state index contributed by atoms with van der Waals surface area (Å²) in [5, 5.41) is 6.98. The van der Waals surface area contributed by atoms with E-state index in [4.69, 9.17) is 4.99 Å². The highest BCUT2D eigenvalue weighted by Gasteiger charge is 2.21. The van der Waals surface area contributed by atoms with Crippen LogP contribution in [0.25, 0.3) is 0 Å². The number of nitrogens with zero attached hydrogens (tertiary/aromatic N) is 2. The summed E-state index contributed by atoms with van der Waals surface area (Å²) in [7, 11) is 0. The normalized spacial score (nSPS) is 18.1. The number of benzene rings is 2. The van der Waals surface area contributed by atoms with Gasteiger partial charge in [0, 0.05) is 18.8 Å². The molecule has 26 heavy (non-hydrogen) atoms. The molecule has 4 heteroatoms. The van der Waals surface area contributed by atoms with Gasteiger partial charge in [0.05, 0.1) is 6.54 Å². The lowest BCUT2D eigenvalue weighted by molar-refractivity contribution is 0.342. The number of para-hydroxylation sites is 1. The fourth-order valence-corrected chi connectivity index (χ4v) is 3.27. The van der Waals surface area contributed by atoms with Crippen molar-refractivity contribution in [1.29, 1.82) is 0 Å². The monoisotopic (exact) mass is 350 g/mol. The standard InChI is InChI=1S/C22H30N4/c1-3-26-14-13-20(17-26)16-24-22(25-21-7-5-4-6-8-21)23-15-19-11-9-18(2)10-12-19/h4-12,20H,3,13-17H2,1-2H3,(H2,23,24,25). The molecule has 1 heterocycles. The molecule has 0 aliphatic carbocycles. The zero-order chi connectivity index (χ0) is 18.2. The topological polar surface area (TPSA) is 39.7 Å². The van der Waals surface area contributed by atoms with Gasteiger partial charge >= 0.3 is 0 Å². The molecule has 1 aliphatic rings. The number of hydrogen-bond acceptors (Lipinski definition) is 2. The minimum absolute atomic E-state index is 0.675. The Balaban J connectivity index is 1.62. The highest BCUT2D eigenvalue weighted by atomic mass is 15.2. The number of nitrogens with one attached hydrogen (secondary N) is 2. The summed E-state index contributed by atoms with van der Waals surface area (Å²) in [4.78, 5) is 7.31. The van der Waals surface area contributed by atoms with Crippen LogP contribution in [-0.2, 0) is 6.54 Å². The average molecular weight is 351 g/mol. The molecule has 138 valence electrons. The van der Waals surface area contributed by atoms with Crippen LogP contribution in [0.5, 0.6) is 0 Å². The van der Waals surface area contributed by atoms with Gasteiger partial charge in [-0.2, -0.15) is 0 Å². The van der Waals surface area contributed by atoms with Gasteiger partial charge in [-0.25, -0.2) is 4.99 Å². The maximum absolute atomic E-state index is 4.80. The van der Waals surface area contributed by atoms with Crippen LogP contribution in [0.4, 0.5) is 5.69 Å². The zero-order valence-corrected chi connectivity index (χ0v) is 15.9. The van der Waals surface area contributed by atoms with E-state index in [1.165, 1.54) is 30.6 Å². The highest BCUT2D eigenvalue weighted by molar-refractivity contribution is 5.93. The molecule has 1 unspecified atom stereocenters. The van der Waals surface area contributed by atoms with Crippen molar-refractivity contribution in [2.45, 2.75) is 26.8 Å². The van der Waals surface area contributed by atoms with E-state index >= 15 is 0 Å². The molecule has 0 aromatic heterocycles. The summed E-state index contributed by atoms with van der Waals surface area (Å²) in [5.74, 6) is 1.55. The van der Waals surface area contributed by atoms with Crippen LogP contribution in [0.1, 0.15) is 24.5 Å². The van der Waals surface area contributed by atoms with E-state index in [-0.39, 0.29) is 0 Å². The molecular formula is C22H30N4. The molecule has 1 aliphatic heterocycles. The van der Waals surface area contributed by atoms with Gasteiger partial charge in [-0.3, -0.25) is 0 Å². The Bertz CT molecular complexity index is 694. The molecule has 0 saturated carbocycles. The predicted octanol–water partition coefficient (Wildman–Crippen LogP) is 3.89. The number of rotatable bonds is 6. The quantitative estimate of drug-likeness (QED) is 0.613. The first-order chi connectivity index (χ1) is 12.7. The predicted molar refractivity (Wildman–Crippen MR) is 111 cm³/mol. The smallest absolute Gasteiger partial charge is 0.196 e. The van der Waals surface area contributed by atoms with E-state index < -0.39 is 0 Å². The second-order valence-corrected chi connectivity index (χ2v) is 7.07. The van der Waals surface area contributed by atoms with Crippen LogP contribution in [0.2, 0.25) is 0 Å². The van der Waals surface area contributed by atoms with Crippen LogP contribution in [0.3, 0.4) is 0 Å². The number of anilines is 1. The summed E-state index contributed by atoms with van der Waals surface area (Å²) in [6, 6.07) is 18.8. The molecule has 0 radical (unpaired) electrons. The van der Waals surface area contributed by atoms with Gasteiger partial charge in [0.25, 0.3) is 0 Å². The van der Waals surface area contributed by atoms with Gasteiger partial charge in [-0.05, 0) is 50.0 Å². The zero-order valence-electron chi connectivity index (χ0n) is 15.9.